The molecule has 0 bridgehead atoms. The van der Waals surface area contributed by atoms with Crippen molar-refractivity contribution in [1.82, 2.24) is 9.88 Å². The number of ether oxygens (including phenoxy) is 3. The van der Waals surface area contributed by atoms with Gasteiger partial charge in [0, 0.05) is 22.7 Å². The van der Waals surface area contributed by atoms with Crippen molar-refractivity contribution in [3.05, 3.63) is 140 Å². The predicted molar refractivity (Wildman–Crippen MR) is 185 cm³/mol. The van der Waals surface area contributed by atoms with Gasteiger partial charge >= 0.3 is 5.97 Å². The van der Waals surface area contributed by atoms with E-state index in [1.54, 1.807) is 61.5 Å². The third-order valence-corrected chi connectivity index (χ3v) is 8.74. The Kier molecular flexibility index (Phi) is 9.21. The lowest BCUT2D eigenvalue weighted by Crippen LogP contribution is -2.61. The monoisotopic (exact) mass is 685 g/mol. The Bertz CT molecular complexity index is 2260. The van der Waals surface area contributed by atoms with Gasteiger partial charge in [-0.3, -0.25) is 9.59 Å². The van der Waals surface area contributed by atoms with Crippen molar-refractivity contribution >= 4 is 28.7 Å². The maximum absolute atomic E-state index is 13.3. The average molecular weight is 686 g/mol. The molecule has 1 saturated heterocycles. The van der Waals surface area contributed by atoms with Gasteiger partial charge in [-0.15, -0.1) is 0 Å². The van der Waals surface area contributed by atoms with Crippen LogP contribution < -0.4 is 14.9 Å². The molecule has 3 aromatic carbocycles. The molecule has 1 aliphatic carbocycles. The summed E-state index contributed by atoms with van der Waals surface area (Å²) in [6.07, 6.45) is 3.08. The van der Waals surface area contributed by atoms with Gasteiger partial charge < -0.3 is 28.6 Å². The molecule has 3 atom stereocenters. The largest absolute Gasteiger partial charge is 0.490 e. The van der Waals surface area contributed by atoms with Gasteiger partial charge in [-0.1, -0.05) is 47.6 Å². The molecule has 0 saturated carbocycles. The number of allylic oxidation sites excluding steroid dienone is 1. The van der Waals surface area contributed by atoms with Crippen molar-refractivity contribution in [2.45, 2.75) is 38.7 Å². The Balaban J connectivity index is 0.960. The van der Waals surface area contributed by atoms with E-state index in [0.717, 1.165) is 5.56 Å². The normalized spacial score (nSPS) is 17.3. The second kappa shape index (κ2) is 14.2. The second-order valence-corrected chi connectivity index (χ2v) is 12.2. The van der Waals surface area contributed by atoms with E-state index in [1.807, 2.05) is 30.3 Å². The third-order valence-electron chi connectivity index (χ3n) is 8.74. The van der Waals surface area contributed by atoms with E-state index in [4.69, 9.17) is 24.2 Å². The number of azide groups is 1. The molecule has 1 fully saturated rings. The van der Waals surface area contributed by atoms with Crippen LogP contribution in [0.1, 0.15) is 24.5 Å². The molecule has 0 unspecified atom stereocenters. The van der Waals surface area contributed by atoms with Gasteiger partial charge in [0.05, 0.1) is 18.1 Å². The quantitative estimate of drug-likeness (QED) is 0.0391. The average Bonchev–Trinajstić information content (AvgIpc) is 3.45. The Morgan fingerprint density at radius 1 is 1.02 bits per heavy atom. The number of carbonyl (C=O) groups excluding carboxylic acids is 2. The fourth-order valence-electron chi connectivity index (χ4n) is 6.23. The number of hydrogen-bond donors (Lipinski definition) is 1. The molecule has 51 heavy (non-hydrogen) atoms. The van der Waals surface area contributed by atoms with Crippen LogP contribution >= 0.6 is 0 Å². The van der Waals surface area contributed by atoms with Gasteiger partial charge in [0.25, 0.3) is 0 Å². The molecule has 4 aliphatic rings. The summed E-state index contributed by atoms with van der Waals surface area (Å²) in [6, 6.07) is 23.6. The third kappa shape index (κ3) is 7.02. The lowest BCUT2D eigenvalue weighted by atomic mass is 9.83. The minimum atomic E-state index is -0.846. The fourth-order valence-corrected chi connectivity index (χ4v) is 6.23. The van der Waals surface area contributed by atoms with Crippen LogP contribution in [0.2, 0.25) is 0 Å². The summed E-state index contributed by atoms with van der Waals surface area (Å²) in [5.74, 6) is 0.0792. The zero-order valence-electron chi connectivity index (χ0n) is 27.3. The number of carbonyl (C=O) groups is 2. The molecule has 3 heterocycles. The van der Waals surface area contributed by atoms with Gasteiger partial charge in [-0.2, -0.15) is 0 Å². The standard InChI is InChI=1S/C38H31N5O8/c1-22(44)35-32-17-25(36(43(32)37(35)46)38(47)50-21-23-4-8-26(9-5-23)41-42-39)3-2-16-48-28-11-6-24(7-12-28)20-49-29-13-15-31-34(19-29)51-33-18-27(45)10-14-30(33)40-31/h2-15,18-19,22,32,35,44H,16-17,20-21H2,1H3/b3-2+/t22-,32-,35-/m1/s1. The molecule has 7 rings (SSSR count). The number of aromatic nitrogens is 1. The van der Waals surface area contributed by atoms with E-state index in [-0.39, 0.29) is 36.3 Å². The molecule has 0 radical (unpaired) electrons. The molecule has 0 aromatic heterocycles. The highest BCUT2D eigenvalue weighted by Gasteiger charge is 2.56. The van der Waals surface area contributed by atoms with Crippen molar-refractivity contribution in [1.29, 1.82) is 0 Å². The highest BCUT2D eigenvalue weighted by atomic mass is 16.5. The van der Waals surface area contributed by atoms with Gasteiger partial charge in [0.15, 0.2) is 16.8 Å². The van der Waals surface area contributed by atoms with Crippen molar-refractivity contribution in [3.8, 4) is 23.0 Å². The topological polar surface area (TPSA) is 177 Å². The predicted octanol–water partition coefficient (Wildman–Crippen LogP) is 6.36. The second-order valence-electron chi connectivity index (χ2n) is 12.2. The molecule has 13 heteroatoms. The van der Waals surface area contributed by atoms with Crippen molar-refractivity contribution in [2.75, 3.05) is 6.61 Å². The van der Waals surface area contributed by atoms with Crippen molar-refractivity contribution in [2.24, 2.45) is 11.0 Å². The summed E-state index contributed by atoms with van der Waals surface area (Å²) in [7, 11) is 0. The first kappa shape index (κ1) is 33.1. The van der Waals surface area contributed by atoms with Crippen LogP contribution in [-0.2, 0) is 27.5 Å². The number of hydrogen-bond acceptors (Lipinski definition) is 10. The van der Waals surface area contributed by atoms with E-state index >= 15 is 0 Å². The molecular weight excluding hydrogens is 654 g/mol. The van der Waals surface area contributed by atoms with E-state index in [1.165, 1.54) is 17.0 Å². The van der Waals surface area contributed by atoms with Crippen LogP contribution in [-0.4, -0.2) is 45.6 Å². The Morgan fingerprint density at radius 2 is 1.76 bits per heavy atom. The highest BCUT2D eigenvalue weighted by molar-refractivity contribution is 6.01. The molecule has 1 N–H and O–H groups in total. The molecular formula is C38H31N5O8. The van der Waals surface area contributed by atoms with Crippen molar-refractivity contribution in [3.63, 3.8) is 0 Å². The summed E-state index contributed by atoms with van der Waals surface area (Å²) >= 11 is 0. The number of nitrogens with zero attached hydrogens (tertiary/aromatic N) is 5. The number of aliphatic hydroxyl groups is 1. The zero-order valence-corrected chi connectivity index (χ0v) is 27.3. The lowest BCUT2D eigenvalue weighted by Gasteiger charge is -2.44. The molecule has 3 aliphatic heterocycles. The number of fused-ring (bicyclic) bond motifs is 3. The summed E-state index contributed by atoms with van der Waals surface area (Å²) in [4.78, 5) is 46.6. The van der Waals surface area contributed by atoms with Crippen LogP contribution in [0.5, 0.6) is 11.5 Å². The van der Waals surface area contributed by atoms with E-state index in [9.17, 15) is 19.5 Å². The lowest BCUT2D eigenvalue weighted by molar-refractivity contribution is -0.162. The van der Waals surface area contributed by atoms with Crippen LogP contribution in [0.25, 0.3) is 33.0 Å². The minimum Gasteiger partial charge on any atom is -0.490 e. The highest BCUT2D eigenvalue weighted by Crippen LogP contribution is 2.44. The summed E-state index contributed by atoms with van der Waals surface area (Å²) in [5, 5.41) is 13.7. The number of benzene rings is 4. The molecule has 0 spiro atoms. The van der Waals surface area contributed by atoms with Crippen LogP contribution in [0.3, 0.4) is 0 Å². The molecule has 13 nitrogen and oxygen atoms in total. The van der Waals surface area contributed by atoms with Crippen LogP contribution in [0, 0.1) is 5.92 Å². The minimum absolute atomic E-state index is 0.0380. The van der Waals surface area contributed by atoms with Gasteiger partial charge in [-0.25, -0.2) is 9.78 Å². The number of esters is 1. The summed E-state index contributed by atoms with van der Waals surface area (Å²) in [6.45, 7) is 2.04. The number of amides is 1. The van der Waals surface area contributed by atoms with E-state index in [0.29, 0.717) is 63.9 Å². The SMILES string of the molecule is C[C@@H](O)[C@H]1C(=O)N2C(C(=O)OCc3ccc(N=[N+]=[N-])cc3)=C(/C=C/COc3ccc(COc4ccc5nc6ccc(=O)cc-6oc5c4)cc3)C[C@H]12. The Labute approximate surface area is 291 Å². The van der Waals surface area contributed by atoms with Gasteiger partial charge in [0.1, 0.15) is 48.2 Å². The number of aliphatic hydroxyl groups excluding tert-OH is 1. The summed E-state index contributed by atoms with van der Waals surface area (Å²) < 4.78 is 23.3. The molecule has 256 valence electrons. The maximum Gasteiger partial charge on any atom is 0.355 e. The van der Waals surface area contributed by atoms with Gasteiger partial charge in [-0.05, 0) is 78.0 Å². The maximum atomic E-state index is 13.3. The Morgan fingerprint density at radius 3 is 2.53 bits per heavy atom. The number of rotatable bonds is 12. The fraction of sp³-hybridized carbons (Fsp3) is 0.211. The summed E-state index contributed by atoms with van der Waals surface area (Å²) in [5.41, 5.74) is 13.0. The first-order valence-electron chi connectivity index (χ1n) is 16.2. The molecule has 3 aromatic rings. The smallest absolute Gasteiger partial charge is 0.355 e. The van der Waals surface area contributed by atoms with Crippen LogP contribution in [0.15, 0.2) is 123 Å². The number of β-lactam (4-membered cyclic amide) rings is 1. The molecule has 1 amide bonds. The van der Waals surface area contributed by atoms with E-state index in [2.05, 4.69) is 15.0 Å². The first-order valence-corrected chi connectivity index (χ1v) is 16.2. The Hall–Kier alpha value is -6.43. The van der Waals surface area contributed by atoms with E-state index < -0.39 is 18.0 Å². The van der Waals surface area contributed by atoms with Gasteiger partial charge in [0.2, 0.25) is 5.91 Å². The van der Waals surface area contributed by atoms with Crippen LogP contribution in [0.4, 0.5) is 5.69 Å². The van der Waals surface area contributed by atoms with Crippen molar-refractivity contribution < 1.29 is 33.3 Å². The zero-order chi connectivity index (χ0) is 35.5. The first-order chi connectivity index (χ1) is 24.8.